The molecule has 0 aliphatic heterocycles. The van der Waals surface area contributed by atoms with Gasteiger partial charge < -0.3 is 14.4 Å². The van der Waals surface area contributed by atoms with Crippen LogP contribution in [0.5, 0.6) is 0 Å². The Morgan fingerprint density at radius 2 is 1.00 bits per heavy atom. The summed E-state index contributed by atoms with van der Waals surface area (Å²) in [7, 11) is 0. The van der Waals surface area contributed by atoms with Crippen LogP contribution in [0.4, 0.5) is 0 Å². The second-order valence-corrected chi connectivity index (χ2v) is 1.39. The third-order valence-electron chi connectivity index (χ3n) is 0. The van der Waals surface area contributed by atoms with Crippen LogP contribution in [0.2, 0.25) is 0 Å². The molecule has 0 saturated heterocycles. The molecule has 0 aromatic carbocycles. The van der Waals surface area contributed by atoms with Crippen molar-refractivity contribution in [3.8, 4) is 0 Å². The summed E-state index contributed by atoms with van der Waals surface area (Å²) in [5, 5.41) is 0. The molecule has 0 unspecified atom stereocenters. The minimum absolute atomic E-state index is 0. The van der Waals surface area contributed by atoms with Gasteiger partial charge in [-0.05, 0) is 0 Å². The molecule has 0 N–H and O–H groups in total. The van der Waals surface area contributed by atoms with Gasteiger partial charge in [0.15, 0.2) is 0 Å². The Morgan fingerprint density at radius 3 is 1.00 bits per heavy atom. The molecule has 1 radical (unpaired) electrons. The van der Waals surface area contributed by atoms with Crippen LogP contribution in [0.25, 0.3) is 0 Å². The molecule has 61 valence electrons. The third kappa shape index (κ3) is 1090. The van der Waals surface area contributed by atoms with Crippen molar-refractivity contribution in [3.63, 3.8) is 0 Å². The Hall–Kier alpha value is 0.584. The monoisotopic (exact) mass is 171 g/mol. The van der Waals surface area contributed by atoms with Gasteiger partial charge in [0.2, 0.25) is 0 Å². The Bertz CT molecular complexity index is 9.28. The van der Waals surface area contributed by atoms with Gasteiger partial charge >= 0.3 is 18.6 Å². The molecule has 0 spiro atoms. The molecule has 9 heavy (non-hydrogen) atoms. The zero-order valence-electron chi connectivity index (χ0n) is 4.73. The largest absolute Gasteiger partial charge is 2.00 e. The average molecular weight is 171 g/mol. The van der Waals surface area contributed by atoms with Gasteiger partial charge in [0.1, 0.15) is 0 Å². The molecule has 0 bridgehead atoms. The predicted octanol–water partition coefficient (Wildman–Crippen LogP) is 3.83. The van der Waals surface area contributed by atoms with E-state index < -0.39 is 0 Å². The zero-order valence-corrected chi connectivity index (χ0v) is 6.13. The van der Waals surface area contributed by atoms with Crippen LogP contribution in [0.3, 0.4) is 0 Å². The number of hydrogen-bond donors (Lipinski definition) is 0. The maximum Gasteiger partial charge on any atom is 2.00 e. The second-order valence-electron chi connectivity index (χ2n) is 1.39. The fourth-order valence-electron chi connectivity index (χ4n) is 0. The summed E-state index contributed by atoms with van der Waals surface area (Å²) in [5.74, 6) is 0.583. The summed E-state index contributed by atoms with van der Waals surface area (Å²) in [5.41, 5.74) is 0. The van der Waals surface area contributed by atoms with Crippen LogP contribution in [0, 0.1) is 20.3 Å². The van der Waals surface area contributed by atoms with E-state index in [1.165, 1.54) is 0 Å². The van der Waals surface area contributed by atoms with E-state index in [1.54, 1.807) is 0 Å². The molecule has 0 aromatic heterocycles. The Labute approximate surface area is 75.3 Å². The van der Waals surface area contributed by atoms with Gasteiger partial charge in [-0.3, -0.25) is 0 Å². The van der Waals surface area contributed by atoms with Gasteiger partial charge in [-0.2, -0.15) is 5.92 Å². The van der Waals surface area contributed by atoms with Crippen molar-refractivity contribution in [1.29, 1.82) is 0 Å². The SMILES string of the molecule is C.C.C.[CH2-]C(C)C.[CH3-].[V+2]. The van der Waals surface area contributed by atoms with E-state index >= 15 is 0 Å². The molecule has 0 aliphatic rings. The van der Waals surface area contributed by atoms with Gasteiger partial charge in [0, 0.05) is 0 Å². The van der Waals surface area contributed by atoms with Crippen molar-refractivity contribution in [2.45, 2.75) is 36.1 Å². The summed E-state index contributed by atoms with van der Waals surface area (Å²) in [6.07, 6.45) is 0. The van der Waals surface area contributed by atoms with Crippen molar-refractivity contribution in [2.24, 2.45) is 5.92 Å². The molecule has 0 rings (SSSR count). The molecule has 0 aliphatic carbocycles. The first-order chi connectivity index (χ1) is 1.73. The minimum atomic E-state index is 0. The van der Waals surface area contributed by atoms with Crippen molar-refractivity contribution in [1.82, 2.24) is 0 Å². The number of hydrogen-bond acceptors (Lipinski definition) is 0. The standard InChI is InChI=1S/C4H9.3CH4.CH3.V/c1-4(2)3;;;;;/h4H,1H2,2-3H3;3*1H4;1H3;/q-1;;;;-1;+2. The second kappa shape index (κ2) is 38.4. The van der Waals surface area contributed by atoms with E-state index in [-0.39, 0.29) is 48.3 Å². The van der Waals surface area contributed by atoms with Crippen molar-refractivity contribution >= 4 is 0 Å². The molecular weight excluding hydrogens is 147 g/mol. The van der Waals surface area contributed by atoms with Gasteiger partial charge in [0.05, 0.1) is 0 Å². The molecule has 0 nitrogen and oxygen atoms in total. The van der Waals surface area contributed by atoms with E-state index in [4.69, 9.17) is 0 Å². The van der Waals surface area contributed by atoms with Crippen LogP contribution < -0.4 is 0 Å². The maximum atomic E-state index is 3.64. The van der Waals surface area contributed by atoms with E-state index in [0.717, 1.165) is 0 Å². The Balaban J connectivity index is -0.00000000450. The van der Waals surface area contributed by atoms with Crippen molar-refractivity contribution in [3.05, 3.63) is 14.4 Å². The summed E-state index contributed by atoms with van der Waals surface area (Å²) in [6.45, 7) is 7.75. The van der Waals surface area contributed by atoms with Crippen LogP contribution in [0.15, 0.2) is 0 Å². The van der Waals surface area contributed by atoms with Gasteiger partial charge in [-0.1, -0.05) is 36.1 Å². The van der Waals surface area contributed by atoms with Crippen molar-refractivity contribution in [2.75, 3.05) is 0 Å². The zero-order chi connectivity index (χ0) is 3.58. The topological polar surface area (TPSA) is 0 Å². The summed E-state index contributed by atoms with van der Waals surface area (Å²) < 4.78 is 0. The third-order valence-corrected chi connectivity index (χ3v) is 0. The van der Waals surface area contributed by atoms with Crippen molar-refractivity contribution < 1.29 is 18.6 Å². The van der Waals surface area contributed by atoms with E-state index in [9.17, 15) is 0 Å². The maximum absolute atomic E-state index is 3.64. The first-order valence-electron chi connectivity index (χ1n) is 1.56. The van der Waals surface area contributed by atoms with Crippen LogP contribution in [0.1, 0.15) is 36.1 Å². The van der Waals surface area contributed by atoms with Crippen LogP contribution >= 0.6 is 0 Å². The summed E-state index contributed by atoms with van der Waals surface area (Å²) >= 11 is 0. The molecule has 0 saturated carbocycles. The normalized spacial score (nSPS) is 4.00. The Morgan fingerprint density at radius 1 is 1.00 bits per heavy atom. The van der Waals surface area contributed by atoms with E-state index in [2.05, 4.69) is 20.8 Å². The fourth-order valence-corrected chi connectivity index (χ4v) is 0. The summed E-state index contributed by atoms with van der Waals surface area (Å²) in [4.78, 5) is 0. The summed E-state index contributed by atoms with van der Waals surface area (Å²) in [6, 6.07) is 0. The minimum Gasteiger partial charge on any atom is -0.358 e. The van der Waals surface area contributed by atoms with Gasteiger partial charge in [-0.25, -0.2) is 0 Å². The molecule has 0 heterocycles. The molecule has 0 atom stereocenters. The average Bonchev–Trinajstić information content (AvgIpc) is 0.811. The first-order valence-corrected chi connectivity index (χ1v) is 1.56. The first kappa shape index (κ1) is 55.0. The molecule has 1 heteroatoms. The van der Waals surface area contributed by atoms with E-state index in [0.29, 0.717) is 5.92 Å². The quantitative estimate of drug-likeness (QED) is 0.486. The molecule has 0 amide bonds. The molecule has 0 fully saturated rings. The van der Waals surface area contributed by atoms with Gasteiger partial charge in [0.25, 0.3) is 0 Å². The molecular formula is C8H24V. The van der Waals surface area contributed by atoms with Crippen LogP contribution in [-0.2, 0) is 18.6 Å². The van der Waals surface area contributed by atoms with E-state index in [1.807, 2.05) is 0 Å². The Kier molecular flexibility index (Phi) is 235. The smallest absolute Gasteiger partial charge is 0.358 e. The fraction of sp³-hybridized carbons (Fsp3) is 0.750. The van der Waals surface area contributed by atoms with Crippen LogP contribution in [-0.4, -0.2) is 0 Å². The predicted molar refractivity (Wildman–Crippen MR) is 46.8 cm³/mol. The number of rotatable bonds is 0. The molecule has 0 aromatic rings. The van der Waals surface area contributed by atoms with Gasteiger partial charge in [-0.15, -0.1) is 0 Å².